The molecule has 6 heteroatoms. The van der Waals surface area contributed by atoms with E-state index >= 15 is 0 Å². The number of carbonyl (C=O) groups excluding carboxylic acids is 1. The van der Waals surface area contributed by atoms with Crippen LogP contribution in [0.3, 0.4) is 0 Å². The number of hydrogen-bond donors (Lipinski definition) is 2. The van der Waals surface area contributed by atoms with Crippen LogP contribution in [0.15, 0.2) is 29.4 Å². The molecule has 1 saturated heterocycles. The van der Waals surface area contributed by atoms with E-state index in [0.717, 1.165) is 24.3 Å². The molecule has 0 spiro atoms. The fraction of sp³-hybridized carbons (Fsp3) is 0.429. The van der Waals surface area contributed by atoms with Gasteiger partial charge in [0.05, 0.1) is 4.75 Å². The highest BCUT2D eigenvalue weighted by Crippen LogP contribution is 2.39. The largest absolute Gasteiger partial charge is 0.409 e. The van der Waals surface area contributed by atoms with Crippen molar-refractivity contribution in [2.24, 2.45) is 10.9 Å². The minimum atomic E-state index is -0.320. The van der Waals surface area contributed by atoms with Gasteiger partial charge in [-0.15, -0.1) is 11.8 Å². The number of anilines is 1. The van der Waals surface area contributed by atoms with E-state index in [4.69, 9.17) is 10.9 Å². The molecule has 1 aromatic carbocycles. The minimum absolute atomic E-state index is 0.0591. The van der Waals surface area contributed by atoms with Crippen LogP contribution in [0, 0.1) is 0 Å². The average Bonchev–Trinajstić information content (AvgIpc) is 2.93. The third-order valence-electron chi connectivity index (χ3n) is 3.63. The first-order chi connectivity index (χ1) is 9.48. The van der Waals surface area contributed by atoms with E-state index in [2.05, 4.69) is 5.16 Å². The monoisotopic (exact) mass is 293 g/mol. The molecule has 0 bridgehead atoms. The Labute approximate surface area is 122 Å². The Balaban J connectivity index is 2.17. The van der Waals surface area contributed by atoms with Crippen LogP contribution in [-0.2, 0) is 4.79 Å². The molecule has 1 aliphatic heterocycles. The maximum atomic E-state index is 12.6. The second-order valence-corrected chi connectivity index (χ2v) is 6.68. The quantitative estimate of drug-likeness (QED) is 0.387. The van der Waals surface area contributed by atoms with Crippen LogP contribution in [0.1, 0.15) is 25.3 Å². The van der Waals surface area contributed by atoms with E-state index in [0.29, 0.717) is 5.56 Å². The Hall–Kier alpha value is -1.69. The second-order valence-electron chi connectivity index (χ2n) is 5.08. The summed E-state index contributed by atoms with van der Waals surface area (Å²) < 4.78 is -0.320. The first kappa shape index (κ1) is 14.7. The summed E-state index contributed by atoms with van der Waals surface area (Å²) in [5, 5.41) is 11.6. The first-order valence-electron chi connectivity index (χ1n) is 6.48. The summed E-state index contributed by atoms with van der Waals surface area (Å²) in [6.07, 6.45) is 2.01. The van der Waals surface area contributed by atoms with E-state index in [1.807, 2.05) is 6.92 Å². The molecule has 1 fully saturated rings. The highest BCUT2D eigenvalue weighted by molar-refractivity contribution is 8.01. The van der Waals surface area contributed by atoms with E-state index in [1.165, 1.54) is 0 Å². The number of oxime groups is 1. The predicted octanol–water partition coefficient (Wildman–Crippen LogP) is 2.03. The zero-order chi connectivity index (χ0) is 14.8. The first-order valence-corrected chi connectivity index (χ1v) is 7.46. The number of rotatable bonds is 3. The Morgan fingerprint density at radius 2 is 2.10 bits per heavy atom. The Bertz CT molecular complexity index is 522. The van der Waals surface area contributed by atoms with Gasteiger partial charge in [-0.3, -0.25) is 4.79 Å². The van der Waals surface area contributed by atoms with Gasteiger partial charge in [0.15, 0.2) is 5.84 Å². The molecule has 1 atom stereocenters. The molecule has 1 aliphatic rings. The van der Waals surface area contributed by atoms with Gasteiger partial charge in [0.25, 0.3) is 0 Å². The molecule has 5 nitrogen and oxygen atoms in total. The molecule has 0 aliphatic carbocycles. The smallest absolute Gasteiger partial charge is 0.242 e. The minimum Gasteiger partial charge on any atom is -0.409 e. The van der Waals surface area contributed by atoms with Crippen molar-refractivity contribution in [1.29, 1.82) is 0 Å². The van der Waals surface area contributed by atoms with E-state index in [-0.39, 0.29) is 16.5 Å². The third kappa shape index (κ3) is 2.75. The van der Waals surface area contributed by atoms with Crippen molar-refractivity contribution < 1.29 is 10.0 Å². The number of nitrogens with two attached hydrogens (primary N) is 1. The van der Waals surface area contributed by atoms with Gasteiger partial charge in [0.2, 0.25) is 5.91 Å². The van der Waals surface area contributed by atoms with Crippen molar-refractivity contribution in [3.63, 3.8) is 0 Å². The number of amidine groups is 1. The van der Waals surface area contributed by atoms with Crippen molar-refractivity contribution >= 4 is 29.2 Å². The molecule has 3 N–H and O–H groups in total. The zero-order valence-corrected chi connectivity index (χ0v) is 12.5. The molecule has 1 aromatic rings. The third-order valence-corrected chi connectivity index (χ3v) is 5.14. The van der Waals surface area contributed by atoms with Gasteiger partial charge in [-0.05, 0) is 49.8 Å². The molecule has 0 radical (unpaired) electrons. The molecule has 0 aromatic heterocycles. The standard InChI is InChI=1S/C14H19N3O2S/c1-14(8-3-9-20-14)13(18)17(2)11-6-4-10(5-7-11)12(15)16-19/h4-7,19H,3,8-9H2,1-2H3,(H2,15,16). The summed E-state index contributed by atoms with van der Waals surface area (Å²) in [5.41, 5.74) is 6.94. The Morgan fingerprint density at radius 3 is 2.60 bits per heavy atom. The molecule has 108 valence electrons. The summed E-state index contributed by atoms with van der Waals surface area (Å²) in [7, 11) is 1.78. The Morgan fingerprint density at radius 1 is 1.45 bits per heavy atom. The lowest BCUT2D eigenvalue weighted by atomic mass is 10.0. The van der Waals surface area contributed by atoms with Crippen molar-refractivity contribution in [2.75, 3.05) is 17.7 Å². The Kier molecular flexibility index (Phi) is 4.23. The normalized spacial score (nSPS) is 22.8. The van der Waals surface area contributed by atoms with Gasteiger partial charge in [-0.25, -0.2) is 0 Å². The van der Waals surface area contributed by atoms with Crippen LogP contribution in [0.4, 0.5) is 5.69 Å². The van der Waals surface area contributed by atoms with Gasteiger partial charge in [-0.1, -0.05) is 5.16 Å². The van der Waals surface area contributed by atoms with Gasteiger partial charge < -0.3 is 15.8 Å². The topological polar surface area (TPSA) is 78.9 Å². The second kappa shape index (κ2) is 5.75. The van der Waals surface area contributed by atoms with E-state index in [1.54, 1.807) is 48.0 Å². The van der Waals surface area contributed by atoms with Crippen LogP contribution >= 0.6 is 11.8 Å². The number of nitrogens with zero attached hydrogens (tertiary/aromatic N) is 2. The van der Waals surface area contributed by atoms with Gasteiger partial charge >= 0.3 is 0 Å². The van der Waals surface area contributed by atoms with Crippen molar-refractivity contribution in [3.05, 3.63) is 29.8 Å². The number of benzene rings is 1. The summed E-state index contributed by atoms with van der Waals surface area (Å²) in [4.78, 5) is 14.2. The molecular weight excluding hydrogens is 274 g/mol. The number of thioether (sulfide) groups is 1. The van der Waals surface area contributed by atoms with Crippen molar-refractivity contribution in [1.82, 2.24) is 0 Å². The summed E-state index contributed by atoms with van der Waals surface area (Å²) in [6, 6.07) is 7.07. The maximum absolute atomic E-state index is 12.6. The summed E-state index contributed by atoms with van der Waals surface area (Å²) >= 11 is 1.72. The lowest BCUT2D eigenvalue weighted by molar-refractivity contribution is -0.120. The number of amides is 1. The number of carbonyl (C=O) groups is 1. The SMILES string of the molecule is CN(C(=O)C1(C)CCCS1)c1ccc(/C(N)=N/O)cc1. The molecular formula is C14H19N3O2S. The van der Waals surface area contributed by atoms with Gasteiger partial charge in [0.1, 0.15) is 0 Å². The molecule has 0 saturated carbocycles. The molecule has 1 heterocycles. The lowest BCUT2D eigenvalue weighted by Gasteiger charge is -2.28. The van der Waals surface area contributed by atoms with Gasteiger partial charge in [0, 0.05) is 18.3 Å². The van der Waals surface area contributed by atoms with Crippen LogP contribution in [0.25, 0.3) is 0 Å². The fourth-order valence-corrected chi connectivity index (χ4v) is 3.62. The van der Waals surface area contributed by atoms with E-state index < -0.39 is 0 Å². The lowest BCUT2D eigenvalue weighted by Crippen LogP contribution is -2.41. The highest BCUT2D eigenvalue weighted by Gasteiger charge is 2.39. The summed E-state index contributed by atoms with van der Waals surface area (Å²) in [5.74, 6) is 1.22. The molecule has 1 amide bonds. The van der Waals surface area contributed by atoms with Crippen LogP contribution in [-0.4, -0.2) is 34.5 Å². The maximum Gasteiger partial charge on any atom is 0.242 e. The van der Waals surface area contributed by atoms with Crippen molar-refractivity contribution in [2.45, 2.75) is 24.5 Å². The molecule has 20 heavy (non-hydrogen) atoms. The average molecular weight is 293 g/mol. The molecule has 1 unspecified atom stereocenters. The molecule has 2 rings (SSSR count). The predicted molar refractivity (Wildman–Crippen MR) is 82.5 cm³/mol. The highest BCUT2D eigenvalue weighted by atomic mass is 32.2. The van der Waals surface area contributed by atoms with Crippen LogP contribution in [0.2, 0.25) is 0 Å². The summed E-state index contributed by atoms with van der Waals surface area (Å²) in [6.45, 7) is 2.01. The van der Waals surface area contributed by atoms with E-state index in [9.17, 15) is 4.79 Å². The fourth-order valence-electron chi connectivity index (χ4n) is 2.33. The van der Waals surface area contributed by atoms with Crippen molar-refractivity contribution in [3.8, 4) is 0 Å². The van der Waals surface area contributed by atoms with Gasteiger partial charge in [-0.2, -0.15) is 0 Å². The van der Waals surface area contributed by atoms with Crippen LogP contribution < -0.4 is 10.6 Å². The van der Waals surface area contributed by atoms with Crippen LogP contribution in [0.5, 0.6) is 0 Å². The zero-order valence-electron chi connectivity index (χ0n) is 11.7. The number of hydrogen-bond acceptors (Lipinski definition) is 4.